The Morgan fingerprint density at radius 3 is 2.65 bits per heavy atom. The average Bonchev–Trinajstić information content (AvgIpc) is 3.48. The van der Waals surface area contributed by atoms with E-state index in [0.717, 1.165) is 5.56 Å². The molecular formula is C28H22N2O6S. The van der Waals surface area contributed by atoms with Gasteiger partial charge < -0.3 is 14.3 Å². The van der Waals surface area contributed by atoms with Gasteiger partial charge in [-0.1, -0.05) is 53.8 Å². The molecule has 0 radical (unpaired) electrons. The van der Waals surface area contributed by atoms with E-state index in [0.29, 0.717) is 37.7 Å². The van der Waals surface area contributed by atoms with Crippen molar-refractivity contribution in [3.63, 3.8) is 0 Å². The molecule has 0 saturated heterocycles. The van der Waals surface area contributed by atoms with Gasteiger partial charge in [0.1, 0.15) is 11.5 Å². The van der Waals surface area contributed by atoms with Gasteiger partial charge in [-0.25, -0.2) is 14.6 Å². The number of furan rings is 1. The van der Waals surface area contributed by atoms with Gasteiger partial charge >= 0.3 is 11.9 Å². The van der Waals surface area contributed by atoms with Crippen LogP contribution in [-0.4, -0.2) is 28.2 Å². The van der Waals surface area contributed by atoms with E-state index in [9.17, 15) is 19.5 Å². The van der Waals surface area contributed by atoms with Crippen LogP contribution in [0.3, 0.4) is 0 Å². The van der Waals surface area contributed by atoms with Gasteiger partial charge in [0.15, 0.2) is 4.80 Å². The largest absolute Gasteiger partial charge is 0.478 e. The first-order valence-corrected chi connectivity index (χ1v) is 12.4. The number of ether oxygens (including phenoxy) is 1. The number of carboxylic acids is 1. The second-order valence-electron chi connectivity index (χ2n) is 8.30. The van der Waals surface area contributed by atoms with Crippen LogP contribution in [-0.2, 0) is 9.53 Å². The fourth-order valence-corrected chi connectivity index (χ4v) is 5.29. The van der Waals surface area contributed by atoms with Crippen LogP contribution in [0.1, 0.15) is 41.6 Å². The number of carboxylic acid groups (broad SMARTS) is 1. The zero-order valence-corrected chi connectivity index (χ0v) is 20.8. The Bertz CT molecular complexity index is 1730. The first-order valence-electron chi connectivity index (χ1n) is 11.6. The Kier molecular flexibility index (Phi) is 6.45. The Balaban J connectivity index is 1.61. The monoisotopic (exact) mass is 514 g/mol. The molecule has 1 aliphatic heterocycles. The predicted octanol–water partition coefficient (Wildman–Crippen LogP) is 3.76. The van der Waals surface area contributed by atoms with E-state index >= 15 is 0 Å². The minimum atomic E-state index is -1.03. The van der Waals surface area contributed by atoms with Gasteiger partial charge in [0, 0.05) is 11.6 Å². The first-order chi connectivity index (χ1) is 17.9. The van der Waals surface area contributed by atoms with Crippen LogP contribution < -0.4 is 14.9 Å². The number of benzene rings is 2. The minimum absolute atomic E-state index is 0.150. The highest BCUT2D eigenvalue weighted by Crippen LogP contribution is 2.30. The quantitative estimate of drug-likeness (QED) is 0.392. The normalized spacial score (nSPS) is 15.3. The number of carbonyl (C=O) groups is 2. The van der Waals surface area contributed by atoms with Crippen LogP contribution in [0.25, 0.3) is 17.4 Å². The number of nitrogens with zero attached hydrogens (tertiary/aromatic N) is 2. The van der Waals surface area contributed by atoms with Crippen molar-refractivity contribution in [2.24, 2.45) is 4.99 Å². The van der Waals surface area contributed by atoms with Crippen molar-refractivity contribution in [1.82, 2.24) is 4.57 Å². The van der Waals surface area contributed by atoms with Crippen LogP contribution in [0.2, 0.25) is 0 Å². The van der Waals surface area contributed by atoms with Gasteiger partial charge in [-0.3, -0.25) is 9.36 Å². The SMILES string of the molecule is CCOC(=O)C1=C(C)N=c2s/c(=C\c3ccc(-c4cccc(C(=O)O)c4)o3)c(=O)n2[C@@H]1c1ccccc1. The maximum absolute atomic E-state index is 13.6. The molecule has 1 atom stereocenters. The van der Waals surface area contributed by atoms with Crippen molar-refractivity contribution < 1.29 is 23.8 Å². The Hall–Kier alpha value is -4.50. The number of allylic oxidation sites excluding steroid dienone is 1. The number of carbonyl (C=O) groups excluding carboxylic acids is 1. The van der Waals surface area contributed by atoms with Crippen molar-refractivity contribution >= 4 is 29.4 Å². The fraction of sp³-hybridized carbons (Fsp3) is 0.143. The zero-order chi connectivity index (χ0) is 26.1. The molecule has 9 heteroatoms. The fourth-order valence-electron chi connectivity index (χ4n) is 4.26. The number of hydrogen-bond donors (Lipinski definition) is 1. The van der Waals surface area contributed by atoms with Crippen LogP contribution in [0.15, 0.2) is 92.2 Å². The summed E-state index contributed by atoms with van der Waals surface area (Å²) in [6.45, 7) is 3.68. The lowest BCUT2D eigenvalue weighted by atomic mass is 9.96. The standard InChI is InChI=1S/C28H22N2O6S/c1-3-35-27(34)23-16(2)29-28-30(24(23)17-8-5-4-6-9-17)25(31)22(37-28)15-20-12-13-21(36-20)18-10-7-11-19(14-18)26(32)33/h4-15,24H,3H2,1-2H3,(H,32,33)/b22-15-/t24-/m1/s1. The van der Waals surface area contributed by atoms with Gasteiger partial charge in [0.25, 0.3) is 5.56 Å². The van der Waals surface area contributed by atoms with Gasteiger partial charge in [-0.15, -0.1) is 0 Å². The second kappa shape index (κ2) is 9.87. The predicted molar refractivity (Wildman–Crippen MR) is 138 cm³/mol. The van der Waals surface area contributed by atoms with E-state index in [1.807, 2.05) is 30.3 Å². The van der Waals surface area contributed by atoms with Crippen molar-refractivity contribution in [3.8, 4) is 11.3 Å². The highest BCUT2D eigenvalue weighted by atomic mass is 32.1. The smallest absolute Gasteiger partial charge is 0.338 e. The molecule has 0 unspecified atom stereocenters. The van der Waals surface area contributed by atoms with Crippen molar-refractivity contribution in [2.45, 2.75) is 19.9 Å². The molecule has 2 aromatic carbocycles. The molecule has 0 fully saturated rings. The summed E-state index contributed by atoms with van der Waals surface area (Å²) in [5.41, 5.74) is 2.05. The number of hydrogen-bond acceptors (Lipinski definition) is 7. The summed E-state index contributed by atoms with van der Waals surface area (Å²) in [4.78, 5) is 42.9. The third-order valence-electron chi connectivity index (χ3n) is 5.93. The van der Waals surface area contributed by atoms with Crippen LogP contribution >= 0.6 is 11.3 Å². The summed E-state index contributed by atoms with van der Waals surface area (Å²) in [6, 6.07) is 18.5. The maximum Gasteiger partial charge on any atom is 0.338 e. The summed E-state index contributed by atoms with van der Waals surface area (Å²) in [7, 11) is 0. The average molecular weight is 515 g/mol. The molecule has 4 aromatic rings. The summed E-state index contributed by atoms with van der Waals surface area (Å²) in [6.07, 6.45) is 1.62. The summed E-state index contributed by atoms with van der Waals surface area (Å²) < 4.78 is 13.1. The molecule has 0 saturated carbocycles. The lowest BCUT2D eigenvalue weighted by Gasteiger charge is -2.24. The number of aromatic nitrogens is 1. The van der Waals surface area contributed by atoms with Crippen LogP contribution in [0, 0.1) is 0 Å². The summed E-state index contributed by atoms with van der Waals surface area (Å²) >= 11 is 1.20. The molecule has 0 amide bonds. The van der Waals surface area contributed by atoms with Crippen molar-refractivity contribution in [1.29, 1.82) is 0 Å². The van der Waals surface area contributed by atoms with Gasteiger partial charge in [0.2, 0.25) is 0 Å². The number of fused-ring (bicyclic) bond motifs is 1. The van der Waals surface area contributed by atoms with Crippen LogP contribution in [0.4, 0.5) is 0 Å². The number of aromatic carboxylic acids is 1. The third-order valence-corrected chi connectivity index (χ3v) is 6.91. The molecule has 0 spiro atoms. The molecule has 3 heterocycles. The number of esters is 1. The van der Waals surface area contributed by atoms with E-state index in [4.69, 9.17) is 9.15 Å². The van der Waals surface area contributed by atoms with Gasteiger partial charge in [0.05, 0.1) is 34.0 Å². The first kappa shape index (κ1) is 24.2. The molecule has 37 heavy (non-hydrogen) atoms. The van der Waals surface area contributed by atoms with E-state index in [2.05, 4.69) is 4.99 Å². The molecule has 2 aromatic heterocycles. The third kappa shape index (κ3) is 4.56. The maximum atomic E-state index is 13.6. The molecule has 186 valence electrons. The number of rotatable bonds is 6. The molecule has 0 bridgehead atoms. The van der Waals surface area contributed by atoms with E-state index < -0.39 is 18.0 Å². The van der Waals surface area contributed by atoms with Crippen molar-refractivity contribution in [2.75, 3.05) is 6.61 Å². The second-order valence-corrected chi connectivity index (χ2v) is 9.31. The Morgan fingerprint density at radius 2 is 1.92 bits per heavy atom. The lowest BCUT2D eigenvalue weighted by Crippen LogP contribution is -2.39. The highest BCUT2D eigenvalue weighted by molar-refractivity contribution is 7.07. The Morgan fingerprint density at radius 1 is 1.14 bits per heavy atom. The van der Waals surface area contributed by atoms with E-state index in [-0.39, 0.29) is 17.7 Å². The molecule has 1 N–H and O–H groups in total. The van der Waals surface area contributed by atoms with E-state index in [1.165, 1.54) is 28.0 Å². The molecular weight excluding hydrogens is 492 g/mol. The molecule has 0 aliphatic carbocycles. The zero-order valence-electron chi connectivity index (χ0n) is 20.0. The van der Waals surface area contributed by atoms with Crippen LogP contribution in [0.5, 0.6) is 0 Å². The van der Waals surface area contributed by atoms with E-state index in [1.54, 1.807) is 44.2 Å². The highest BCUT2D eigenvalue weighted by Gasteiger charge is 2.33. The van der Waals surface area contributed by atoms with Gasteiger partial charge in [-0.2, -0.15) is 0 Å². The molecule has 1 aliphatic rings. The Labute approximate surface area is 215 Å². The topological polar surface area (TPSA) is 111 Å². The summed E-state index contributed by atoms with van der Waals surface area (Å²) in [5.74, 6) is -0.630. The minimum Gasteiger partial charge on any atom is -0.478 e. The van der Waals surface area contributed by atoms with Gasteiger partial charge in [-0.05, 0) is 43.7 Å². The lowest BCUT2D eigenvalue weighted by molar-refractivity contribution is -0.139. The van der Waals surface area contributed by atoms with Crippen molar-refractivity contribution in [3.05, 3.63) is 115 Å². The number of thiazole rings is 1. The molecule has 8 nitrogen and oxygen atoms in total. The summed E-state index contributed by atoms with van der Waals surface area (Å²) in [5, 5.41) is 9.26. The molecule has 5 rings (SSSR count).